The number of pyridine rings is 1. The molecule has 1 amide bonds. The monoisotopic (exact) mass is 354 g/mol. The number of nitrogens with zero attached hydrogens (tertiary/aromatic N) is 1. The second-order valence-electron chi connectivity index (χ2n) is 6.58. The fourth-order valence-electron chi connectivity index (χ4n) is 2.65. The Morgan fingerprint density at radius 3 is 2.58 bits per heavy atom. The van der Waals surface area contributed by atoms with Gasteiger partial charge in [-0.15, -0.1) is 0 Å². The zero-order chi connectivity index (χ0) is 17.7. The summed E-state index contributed by atoms with van der Waals surface area (Å²) in [5.74, 6) is -0.631. The Bertz CT molecular complexity index is 598. The Kier molecular flexibility index (Phi) is 6.43. The number of amides is 1. The van der Waals surface area contributed by atoms with Gasteiger partial charge in [-0.25, -0.2) is 4.98 Å². The van der Waals surface area contributed by atoms with Crippen molar-refractivity contribution in [1.82, 2.24) is 10.3 Å². The molecule has 132 valence electrons. The Labute approximate surface area is 146 Å². The number of carbonyl (C=O) groups excluding carboxylic acids is 1. The summed E-state index contributed by atoms with van der Waals surface area (Å²) in [6.45, 7) is 4.55. The van der Waals surface area contributed by atoms with Gasteiger partial charge in [-0.2, -0.15) is 0 Å². The van der Waals surface area contributed by atoms with Gasteiger partial charge in [-0.05, 0) is 37.7 Å². The molecule has 1 heterocycles. The number of aliphatic carboxylic acids is 1. The van der Waals surface area contributed by atoms with Crippen molar-refractivity contribution < 1.29 is 19.4 Å². The van der Waals surface area contributed by atoms with Gasteiger partial charge in [-0.1, -0.05) is 25.4 Å². The number of halogens is 1. The number of hydrogen-bond donors (Lipinski definition) is 2. The van der Waals surface area contributed by atoms with Gasteiger partial charge in [0.1, 0.15) is 5.02 Å². The van der Waals surface area contributed by atoms with E-state index < -0.39 is 5.97 Å². The van der Waals surface area contributed by atoms with Gasteiger partial charge in [0, 0.05) is 12.2 Å². The van der Waals surface area contributed by atoms with Crippen molar-refractivity contribution >= 4 is 23.5 Å². The van der Waals surface area contributed by atoms with E-state index in [9.17, 15) is 9.59 Å². The highest BCUT2D eigenvalue weighted by atomic mass is 35.5. The van der Waals surface area contributed by atoms with Gasteiger partial charge in [-0.3, -0.25) is 9.59 Å². The largest absolute Gasteiger partial charge is 0.481 e. The third kappa shape index (κ3) is 5.09. The SMILES string of the molecule is CC(C)COc1ncc(C(=O)NC2CCC(C(=O)O)CC2)cc1Cl. The average molecular weight is 355 g/mol. The van der Waals surface area contributed by atoms with Crippen molar-refractivity contribution in [1.29, 1.82) is 0 Å². The summed E-state index contributed by atoms with van der Waals surface area (Å²) in [4.78, 5) is 27.3. The molecule has 1 saturated carbocycles. The minimum atomic E-state index is -0.757. The molecule has 0 radical (unpaired) electrons. The van der Waals surface area contributed by atoms with E-state index in [1.54, 1.807) is 6.07 Å². The molecule has 0 saturated heterocycles. The predicted octanol–water partition coefficient (Wildman–Crippen LogP) is 3.14. The summed E-state index contributed by atoms with van der Waals surface area (Å²) >= 11 is 6.12. The highest BCUT2D eigenvalue weighted by Crippen LogP contribution is 2.26. The fraction of sp³-hybridized carbons (Fsp3) is 0.588. The summed E-state index contributed by atoms with van der Waals surface area (Å²) in [5, 5.41) is 12.2. The zero-order valence-electron chi connectivity index (χ0n) is 13.9. The number of carboxylic acids is 1. The molecule has 24 heavy (non-hydrogen) atoms. The molecular weight excluding hydrogens is 332 g/mol. The van der Waals surface area contributed by atoms with E-state index in [1.165, 1.54) is 6.20 Å². The van der Waals surface area contributed by atoms with Crippen LogP contribution in [0.4, 0.5) is 0 Å². The lowest BCUT2D eigenvalue weighted by atomic mass is 9.86. The summed E-state index contributed by atoms with van der Waals surface area (Å²) < 4.78 is 5.49. The molecule has 2 rings (SSSR count). The fourth-order valence-corrected chi connectivity index (χ4v) is 2.88. The molecule has 0 unspecified atom stereocenters. The van der Waals surface area contributed by atoms with Gasteiger partial charge >= 0.3 is 5.97 Å². The van der Waals surface area contributed by atoms with Gasteiger partial charge in [0.25, 0.3) is 5.91 Å². The maximum absolute atomic E-state index is 12.3. The molecule has 1 aromatic rings. The molecule has 0 aliphatic heterocycles. The third-order valence-corrected chi connectivity index (χ3v) is 4.31. The molecule has 1 aliphatic carbocycles. The maximum Gasteiger partial charge on any atom is 0.306 e. The van der Waals surface area contributed by atoms with E-state index in [4.69, 9.17) is 21.4 Å². The lowest BCUT2D eigenvalue weighted by molar-refractivity contribution is -0.142. The molecule has 0 aromatic carbocycles. The van der Waals surface area contributed by atoms with Crippen molar-refractivity contribution in [2.75, 3.05) is 6.61 Å². The van der Waals surface area contributed by atoms with Crippen LogP contribution >= 0.6 is 11.6 Å². The van der Waals surface area contributed by atoms with E-state index in [0.717, 1.165) is 0 Å². The van der Waals surface area contributed by atoms with Crippen LogP contribution in [0.15, 0.2) is 12.3 Å². The Morgan fingerprint density at radius 2 is 2.04 bits per heavy atom. The summed E-state index contributed by atoms with van der Waals surface area (Å²) in [6, 6.07) is 1.53. The molecule has 1 aromatic heterocycles. The van der Waals surface area contributed by atoms with E-state index in [1.807, 2.05) is 13.8 Å². The van der Waals surface area contributed by atoms with E-state index in [0.29, 0.717) is 54.7 Å². The topological polar surface area (TPSA) is 88.5 Å². The number of ether oxygens (including phenoxy) is 1. The molecule has 1 aliphatic rings. The second kappa shape index (κ2) is 8.33. The maximum atomic E-state index is 12.3. The lowest BCUT2D eigenvalue weighted by Gasteiger charge is -2.26. The smallest absolute Gasteiger partial charge is 0.306 e. The van der Waals surface area contributed by atoms with Crippen molar-refractivity contribution in [3.8, 4) is 5.88 Å². The van der Waals surface area contributed by atoms with Crippen LogP contribution in [0, 0.1) is 11.8 Å². The van der Waals surface area contributed by atoms with Gasteiger partial charge in [0.15, 0.2) is 0 Å². The van der Waals surface area contributed by atoms with Crippen LogP contribution in [0.5, 0.6) is 5.88 Å². The Morgan fingerprint density at radius 1 is 1.38 bits per heavy atom. The highest BCUT2D eigenvalue weighted by molar-refractivity contribution is 6.32. The van der Waals surface area contributed by atoms with Gasteiger partial charge < -0.3 is 15.2 Å². The number of rotatable bonds is 6. The third-order valence-electron chi connectivity index (χ3n) is 4.03. The molecule has 7 heteroatoms. The van der Waals surface area contributed by atoms with Gasteiger partial charge in [0.2, 0.25) is 5.88 Å². The quantitative estimate of drug-likeness (QED) is 0.819. The Hall–Kier alpha value is -1.82. The minimum absolute atomic E-state index is 0.0104. The van der Waals surface area contributed by atoms with Crippen molar-refractivity contribution in [2.45, 2.75) is 45.6 Å². The van der Waals surface area contributed by atoms with Gasteiger partial charge in [0.05, 0.1) is 18.1 Å². The second-order valence-corrected chi connectivity index (χ2v) is 6.98. The van der Waals surface area contributed by atoms with Crippen molar-refractivity contribution in [3.63, 3.8) is 0 Å². The van der Waals surface area contributed by atoms with Crippen LogP contribution in [0.2, 0.25) is 5.02 Å². The number of carbonyl (C=O) groups is 2. The first-order chi connectivity index (χ1) is 11.4. The standard InChI is InChI=1S/C17H23ClN2O4/c1-10(2)9-24-16-14(18)7-12(8-19-16)15(21)20-13-5-3-11(4-6-13)17(22)23/h7-8,10-11,13H,3-6,9H2,1-2H3,(H,20,21)(H,22,23). The van der Waals surface area contributed by atoms with Crippen LogP contribution in [0.25, 0.3) is 0 Å². The molecule has 6 nitrogen and oxygen atoms in total. The molecule has 1 fully saturated rings. The molecule has 0 spiro atoms. The van der Waals surface area contributed by atoms with E-state index in [-0.39, 0.29) is 17.9 Å². The summed E-state index contributed by atoms with van der Waals surface area (Å²) in [5.41, 5.74) is 0.372. The van der Waals surface area contributed by atoms with Crippen LogP contribution in [-0.2, 0) is 4.79 Å². The van der Waals surface area contributed by atoms with Crippen molar-refractivity contribution in [3.05, 3.63) is 22.8 Å². The average Bonchev–Trinajstić information content (AvgIpc) is 2.54. The van der Waals surface area contributed by atoms with E-state index >= 15 is 0 Å². The molecule has 2 N–H and O–H groups in total. The first-order valence-corrected chi connectivity index (χ1v) is 8.56. The summed E-state index contributed by atoms with van der Waals surface area (Å²) in [6.07, 6.45) is 3.95. The normalized spacial score (nSPS) is 20.7. The predicted molar refractivity (Wildman–Crippen MR) is 90.4 cm³/mol. The number of aromatic nitrogens is 1. The van der Waals surface area contributed by atoms with Crippen molar-refractivity contribution in [2.24, 2.45) is 11.8 Å². The van der Waals surface area contributed by atoms with Crippen LogP contribution < -0.4 is 10.1 Å². The minimum Gasteiger partial charge on any atom is -0.481 e. The van der Waals surface area contributed by atoms with E-state index in [2.05, 4.69) is 10.3 Å². The molecule has 0 bridgehead atoms. The lowest BCUT2D eigenvalue weighted by Crippen LogP contribution is -2.38. The highest BCUT2D eigenvalue weighted by Gasteiger charge is 2.27. The number of carboxylic acid groups (broad SMARTS) is 1. The first-order valence-electron chi connectivity index (χ1n) is 8.18. The zero-order valence-corrected chi connectivity index (χ0v) is 14.7. The number of nitrogens with one attached hydrogen (secondary N) is 1. The molecule has 0 atom stereocenters. The van der Waals surface area contributed by atoms with Crippen LogP contribution in [0.3, 0.4) is 0 Å². The van der Waals surface area contributed by atoms with Crippen LogP contribution in [0.1, 0.15) is 49.9 Å². The Balaban J connectivity index is 1.91. The number of hydrogen-bond acceptors (Lipinski definition) is 4. The first kappa shape index (κ1) is 18.5. The molecular formula is C17H23ClN2O4. The summed E-state index contributed by atoms with van der Waals surface area (Å²) in [7, 11) is 0. The van der Waals surface area contributed by atoms with Crippen LogP contribution in [-0.4, -0.2) is 34.6 Å².